The van der Waals surface area contributed by atoms with E-state index in [0.717, 1.165) is 5.56 Å². The van der Waals surface area contributed by atoms with E-state index >= 15 is 0 Å². The Kier molecular flexibility index (Phi) is 3.05. The van der Waals surface area contributed by atoms with Gasteiger partial charge in [-0.2, -0.15) is 10.2 Å². The average Bonchev–Trinajstić information content (AvgIpc) is 2.33. The summed E-state index contributed by atoms with van der Waals surface area (Å²) in [5, 5.41) is 7.64. The van der Waals surface area contributed by atoms with Crippen LogP contribution in [-0.2, 0) is 0 Å². The third kappa shape index (κ3) is 2.19. The molecule has 76 valence electrons. The molecule has 0 aliphatic heterocycles. The number of nitrogens with two attached hydrogens (primary N) is 1. The Balaban J connectivity index is 2.34. The van der Waals surface area contributed by atoms with E-state index in [2.05, 4.69) is 22.3 Å². The SMILES string of the molecule is NCC(c1ccccc1)c1ccnnc1. The van der Waals surface area contributed by atoms with Gasteiger partial charge < -0.3 is 5.73 Å². The van der Waals surface area contributed by atoms with E-state index < -0.39 is 0 Å². The van der Waals surface area contributed by atoms with Gasteiger partial charge in [0.15, 0.2) is 0 Å². The van der Waals surface area contributed by atoms with Gasteiger partial charge in [-0.1, -0.05) is 30.3 Å². The van der Waals surface area contributed by atoms with E-state index in [4.69, 9.17) is 5.73 Å². The van der Waals surface area contributed by atoms with Gasteiger partial charge in [0.25, 0.3) is 0 Å². The Bertz CT molecular complexity index is 360. The van der Waals surface area contributed by atoms with Crippen LogP contribution in [0.1, 0.15) is 17.0 Å². The highest BCUT2D eigenvalue weighted by molar-refractivity contribution is 5.30. The molecule has 0 spiro atoms. The summed E-state index contributed by atoms with van der Waals surface area (Å²) in [5.74, 6) is 0.210. The second-order valence-corrected chi connectivity index (χ2v) is 3.37. The van der Waals surface area contributed by atoms with Crippen molar-refractivity contribution < 1.29 is 0 Å². The maximum Gasteiger partial charge on any atom is 0.0534 e. The van der Waals surface area contributed by atoms with Crippen molar-refractivity contribution in [3.8, 4) is 0 Å². The van der Waals surface area contributed by atoms with Crippen molar-refractivity contribution in [3.63, 3.8) is 0 Å². The Morgan fingerprint density at radius 3 is 2.40 bits per heavy atom. The molecule has 0 bridgehead atoms. The minimum Gasteiger partial charge on any atom is -0.330 e. The van der Waals surface area contributed by atoms with Gasteiger partial charge in [-0.05, 0) is 17.2 Å². The first kappa shape index (κ1) is 9.80. The van der Waals surface area contributed by atoms with Gasteiger partial charge >= 0.3 is 0 Å². The smallest absolute Gasteiger partial charge is 0.0534 e. The normalized spacial score (nSPS) is 12.3. The van der Waals surface area contributed by atoms with E-state index in [-0.39, 0.29) is 5.92 Å². The van der Waals surface area contributed by atoms with E-state index in [1.807, 2.05) is 24.3 Å². The first-order valence-electron chi connectivity index (χ1n) is 4.93. The largest absolute Gasteiger partial charge is 0.330 e. The zero-order chi connectivity index (χ0) is 10.5. The van der Waals surface area contributed by atoms with Crippen LogP contribution in [0.2, 0.25) is 0 Å². The second-order valence-electron chi connectivity index (χ2n) is 3.37. The van der Waals surface area contributed by atoms with Crippen LogP contribution >= 0.6 is 0 Å². The van der Waals surface area contributed by atoms with Crippen molar-refractivity contribution in [2.75, 3.05) is 6.54 Å². The molecule has 1 heterocycles. The molecule has 0 saturated carbocycles. The molecule has 0 amide bonds. The van der Waals surface area contributed by atoms with Gasteiger partial charge in [-0.15, -0.1) is 0 Å². The van der Waals surface area contributed by atoms with Crippen molar-refractivity contribution in [2.45, 2.75) is 5.92 Å². The number of hydrogen-bond donors (Lipinski definition) is 1. The van der Waals surface area contributed by atoms with Gasteiger partial charge in [-0.25, -0.2) is 0 Å². The predicted molar refractivity (Wildman–Crippen MR) is 59.4 cm³/mol. The molecule has 15 heavy (non-hydrogen) atoms. The molecule has 1 atom stereocenters. The maximum atomic E-state index is 5.79. The van der Waals surface area contributed by atoms with Crippen LogP contribution in [0.5, 0.6) is 0 Å². The topological polar surface area (TPSA) is 51.8 Å². The third-order valence-corrected chi connectivity index (χ3v) is 2.45. The van der Waals surface area contributed by atoms with Crippen molar-refractivity contribution in [3.05, 3.63) is 59.9 Å². The summed E-state index contributed by atoms with van der Waals surface area (Å²) in [6.07, 6.45) is 3.46. The number of aromatic nitrogens is 2. The lowest BCUT2D eigenvalue weighted by Gasteiger charge is -2.14. The molecule has 1 aromatic carbocycles. The van der Waals surface area contributed by atoms with Crippen molar-refractivity contribution in [2.24, 2.45) is 5.73 Å². The van der Waals surface area contributed by atoms with Crippen LogP contribution in [0.4, 0.5) is 0 Å². The Morgan fingerprint density at radius 1 is 1.00 bits per heavy atom. The van der Waals surface area contributed by atoms with Crippen molar-refractivity contribution in [1.82, 2.24) is 10.2 Å². The lowest BCUT2D eigenvalue weighted by atomic mass is 9.93. The summed E-state index contributed by atoms with van der Waals surface area (Å²) in [7, 11) is 0. The van der Waals surface area contributed by atoms with Crippen LogP contribution in [0.25, 0.3) is 0 Å². The number of benzene rings is 1. The molecule has 0 fully saturated rings. The highest BCUT2D eigenvalue weighted by Gasteiger charge is 2.11. The van der Waals surface area contributed by atoms with E-state index in [1.165, 1.54) is 5.56 Å². The highest BCUT2D eigenvalue weighted by Crippen LogP contribution is 2.21. The summed E-state index contributed by atoms with van der Waals surface area (Å²) in [5.41, 5.74) is 8.11. The summed E-state index contributed by atoms with van der Waals surface area (Å²) >= 11 is 0. The van der Waals surface area contributed by atoms with Crippen LogP contribution in [0.15, 0.2) is 48.8 Å². The molecular formula is C12H13N3. The fraction of sp³-hybridized carbons (Fsp3) is 0.167. The van der Waals surface area contributed by atoms with Gasteiger partial charge in [0, 0.05) is 18.7 Å². The zero-order valence-corrected chi connectivity index (χ0v) is 8.38. The second kappa shape index (κ2) is 4.66. The maximum absolute atomic E-state index is 5.79. The Labute approximate surface area is 89.0 Å². The predicted octanol–water partition coefficient (Wildman–Crippen LogP) is 1.57. The minimum atomic E-state index is 0.210. The Hall–Kier alpha value is -1.74. The van der Waals surface area contributed by atoms with Crippen LogP contribution < -0.4 is 5.73 Å². The summed E-state index contributed by atoms with van der Waals surface area (Å²) < 4.78 is 0. The molecular weight excluding hydrogens is 186 g/mol. The van der Waals surface area contributed by atoms with Gasteiger partial charge in [0.2, 0.25) is 0 Å². The molecule has 0 saturated heterocycles. The molecule has 0 radical (unpaired) electrons. The molecule has 3 heteroatoms. The van der Waals surface area contributed by atoms with Crippen molar-refractivity contribution >= 4 is 0 Å². The molecule has 1 aromatic heterocycles. The molecule has 1 unspecified atom stereocenters. The van der Waals surface area contributed by atoms with Crippen LogP contribution in [-0.4, -0.2) is 16.7 Å². The summed E-state index contributed by atoms with van der Waals surface area (Å²) in [6, 6.07) is 12.2. The van der Waals surface area contributed by atoms with E-state index in [9.17, 15) is 0 Å². The van der Waals surface area contributed by atoms with Gasteiger partial charge in [0.05, 0.1) is 6.20 Å². The zero-order valence-electron chi connectivity index (χ0n) is 8.38. The number of hydrogen-bond acceptors (Lipinski definition) is 3. The summed E-state index contributed by atoms with van der Waals surface area (Å²) in [4.78, 5) is 0. The lowest BCUT2D eigenvalue weighted by Crippen LogP contribution is -2.14. The molecule has 0 aliphatic carbocycles. The number of nitrogens with zero attached hydrogens (tertiary/aromatic N) is 2. The molecule has 0 aliphatic rings. The molecule has 2 N–H and O–H groups in total. The minimum absolute atomic E-state index is 0.210. The lowest BCUT2D eigenvalue weighted by molar-refractivity contribution is 0.803. The van der Waals surface area contributed by atoms with Gasteiger partial charge in [-0.3, -0.25) is 0 Å². The third-order valence-electron chi connectivity index (χ3n) is 2.45. The average molecular weight is 199 g/mol. The van der Waals surface area contributed by atoms with Crippen LogP contribution in [0, 0.1) is 0 Å². The number of rotatable bonds is 3. The first-order valence-corrected chi connectivity index (χ1v) is 4.93. The molecule has 3 nitrogen and oxygen atoms in total. The fourth-order valence-corrected chi connectivity index (χ4v) is 1.66. The first-order chi connectivity index (χ1) is 7.42. The molecule has 2 aromatic rings. The quantitative estimate of drug-likeness (QED) is 0.816. The summed E-state index contributed by atoms with van der Waals surface area (Å²) in [6.45, 7) is 0.579. The van der Waals surface area contributed by atoms with E-state index in [1.54, 1.807) is 12.4 Å². The monoisotopic (exact) mass is 199 g/mol. The highest BCUT2D eigenvalue weighted by atomic mass is 15.1. The molecule has 2 rings (SSSR count). The Morgan fingerprint density at radius 2 is 1.80 bits per heavy atom. The fourth-order valence-electron chi connectivity index (χ4n) is 1.66. The van der Waals surface area contributed by atoms with E-state index in [0.29, 0.717) is 6.54 Å². The van der Waals surface area contributed by atoms with Crippen molar-refractivity contribution in [1.29, 1.82) is 0 Å². The van der Waals surface area contributed by atoms with Crippen LogP contribution in [0.3, 0.4) is 0 Å². The standard InChI is InChI=1S/C12H13N3/c13-8-12(10-4-2-1-3-5-10)11-6-7-14-15-9-11/h1-7,9,12H,8,13H2. The van der Waals surface area contributed by atoms with Gasteiger partial charge in [0.1, 0.15) is 0 Å².